The highest BCUT2D eigenvalue weighted by molar-refractivity contribution is 14.0. The maximum absolute atomic E-state index is 12.9. The minimum Gasteiger partial charge on any atom is -0.386 e. The molecule has 1 unspecified atom stereocenters. The van der Waals surface area contributed by atoms with Crippen molar-refractivity contribution in [3.05, 3.63) is 47.8 Å². The molecule has 0 saturated heterocycles. The molecule has 7 nitrogen and oxygen atoms in total. The van der Waals surface area contributed by atoms with Crippen molar-refractivity contribution in [3.63, 3.8) is 0 Å². The van der Waals surface area contributed by atoms with Gasteiger partial charge in [0.2, 0.25) is 0 Å². The Bertz CT molecular complexity index is 676. The minimum absolute atomic E-state index is 0. The number of benzene rings is 1. The van der Waals surface area contributed by atoms with Crippen LogP contribution in [0.2, 0.25) is 0 Å². The first-order valence-corrected chi connectivity index (χ1v) is 7.77. The van der Waals surface area contributed by atoms with Gasteiger partial charge in [0.1, 0.15) is 18.0 Å². The number of guanidine groups is 1. The third-order valence-corrected chi connectivity index (χ3v) is 3.55. The SMILES string of the molecule is CCNC(=NCC(O)c1ccc(F)cc1)N(C)Cc1ncnn1C.I. The van der Waals surface area contributed by atoms with Crippen LogP contribution < -0.4 is 5.32 Å². The summed E-state index contributed by atoms with van der Waals surface area (Å²) in [5, 5.41) is 17.4. The van der Waals surface area contributed by atoms with Crippen LogP contribution in [0, 0.1) is 5.82 Å². The predicted octanol–water partition coefficient (Wildman–Crippen LogP) is 1.70. The van der Waals surface area contributed by atoms with E-state index in [4.69, 9.17) is 0 Å². The molecule has 2 N–H and O–H groups in total. The lowest BCUT2D eigenvalue weighted by atomic mass is 10.1. The summed E-state index contributed by atoms with van der Waals surface area (Å²) >= 11 is 0. The van der Waals surface area contributed by atoms with Gasteiger partial charge in [0.15, 0.2) is 5.96 Å². The van der Waals surface area contributed by atoms with Crippen molar-refractivity contribution in [2.75, 3.05) is 20.1 Å². The number of aromatic nitrogens is 3. The molecule has 0 radical (unpaired) electrons. The van der Waals surface area contributed by atoms with Crippen LogP contribution in [0.15, 0.2) is 35.6 Å². The quantitative estimate of drug-likeness (QED) is 0.388. The highest BCUT2D eigenvalue weighted by Gasteiger charge is 2.12. The topological polar surface area (TPSA) is 78.6 Å². The lowest BCUT2D eigenvalue weighted by Gasteiger charge is -2.22. The number of aliphatic imine (C=N–C) groups is 1. The van der Waals surface area contributed by atoms with Crippen molar-refractivity contribution >= 4 is 29.9 Å². The van der Waals surface area contributed by atoms with E-state index in [1.165, 1.54) is 18.5 Å². The summed E-state index contributed by atoms with van der Waals surface area (Å²) in [5.41, 5.74) is 0.631. The Morgan fingerprint density at radius 1 is 1.40 bits per heavy atom. The number of nitrogens with one attached hydrogen (secondary N) is 1. The average molecular weight is 462 g/mol. The monoisotopic (exact) mass is 462 g/mol. The van der Waals surface area contributed by atoms with Crippen LogP contribution in [0.25, 0.3) is 0 Å². The van der Waals surface area contributed by atoms with Crippen LogP contribution >= 0.6 is 24.0 Å². The number of aliphatic hydroxyl groups is 1. The Morgan fingerprint density at radius 2 is 2.08 bits per heavy atom. The highest BCUT2D eigenvalue weighted by atomic mass is 127. The molecule has 0 aliphatic carbocycles. The van der Waals surface area contributed by atoms with Crippen molar-refractivity contribution in [2.24, 2.45) is 12.0 Å². The van der Waals surface area contributed by atoms with Crippen LogP contribution in [0.4, 0.5) is 4.39 Å². The van der Waals surface area contributed by atoms with Gasteiger partial charge in [0.25, 0.3) is 0 Å². The average Bonchev–Trinajstić information content (AvgIpc) is 2.96. The van der Waals surface area contributed by atoms with Gasteiger partial charge in [-0.15, -0.1) is 24.0 Å². The summed E-state index contributed by atoms with van der Waals surface area (Å²) < 4.78 is 14.6. The number of aryl methyl sites for hydroxylation is 1. The zero-order valence-electron chi connectivity index (χ0n) is 14.6. The van der Waals surface area contributed by atoms with Gasteiger partial charge < -0.3 is 15.3 Å². The molecular weight excluding hydrogens is 438 g/mol. The number of aliphatic hydroxyl groups excluding tert-OH is 1. The first-order chi connectivity index (χ1) is 11.5. The Labute approximate surface area is 164 Å². The molecule has 0 spiro atoms. The van der Waals surface area contributed by atoms with E-state index < -0.39 is 6.10 Å². The van der Waals surface area contributed by atoms with E-state index in [-0.39, 0.29) is 36.3 Å². The molecule has 0 saturated carbocycles. The van der Waals surface area contributed by atoms with Crippen molar-refractivity contribution in [1.82, 2.24) is 25.0 Å². The third kappa shape index (κ3) is 6.24. The Morgan fingerprint density at radius 3 is 2.64 bits per heavy atom. The van der Waals surface area contributed by atoms with Crippen molar-refractivity contribution in [2.45, 2.75) is 19.6 Å². The van der Waals surface area contributed by atoms with Crippen molar-refractivity contribution in [3.8, 4) is 0 Å². The molecule has 0 aliphatic rings. The van der Waals surface area contributed by atoms with Crippen LogP contribution in [0.1, 0.15) is 24.4 Å². The lowest BCUT2D eigenvalue weighted by Crippen LogP contribution is -2.39. The second-order valence-electron chi connectivity index (χ2n) is 5.42. The first kappa shape index (κ1) is 21.3. The zero-order valence-corrected chi connectivity index (χ0v) is 16.9. The number of nitrogens with zero attached hydrogens (tertiary/aromatic N) is 5. The van der Waals surface area contributed by atoms with Gasteiger partial charge in [-0.25, -0.2) is 9.37 Å². The Balaban J connectivity index is 0.00000312. The summed E-state index contributed by atoms with van der Waals surface area (Å²) in [5.74, 6) is 1.13. The number of rotatable bonds is 6. The van der Waals surface area contributed by atoms with Crippen molar-refractivity contribution < 1.29 is 9.50 Å². The molecule has 0 aliphatic heterocycles. The Hall–Kier alpha value is -1.75. The molecule has 2 rings (SSSR count). The van der Waals surface area contributed by atoms with Gasteiger partial charge in [-0.2, -0.15) is 5.10 Å². The second kappa shape index (κ2) is 10.3. The molecule has 1 heterocycles. The van der Waals surface area contributed by atoms with Gasteiger partial charge >= 0.3 is 0 Å². The van der Waals surface area contributed by atoms with Crippen LogP contribution in [0.3, 0.4) is 0 Å². The molecule has 2 aromatic rings. The van der Waals surface area contributed by atoms with Gasteiger partial charge in [-0.1, -0.05) is 12.1 Å². The standard InChI is InChI=1S/C16H23FN6O.HI/c1-4-18-16(22(2)10-15-20-11-21-23(15)3)19-9-14(24)12-5-7-13(17)8-6-12;/h5-8,11,14,24H,4,9-10H2,1-3H3,(H,18,19);1H. The van der Waals surface area contributed by atoms with E-state index >= 15 is 0 Å². The van der Waals surface area contributed by atoms with Gasteiger partial charge in [0, 0.05) is 20.6 Å². The number of halogens is 2. The molecule has 138 valence electrons. The van der Waals surface area contributed by atoms with Gasteiger partial charge in [0.05, 0.1) is 19.2 Å². The molecule has 1 atom stereocenters. The van der Waals surface area contributed by atoms with E-state index in [0.29, 0.717) is 24.6 Å². The predicted molar refractivity (Wildman–Crippen MR) is 105 cm³/mol. The summed E-state index contributed by atoms with van der Waals surface area (Å²) in [6.45, 7) is 3.39. The highest BCUT2D eigenvalue weighted by Crippen LogP contribution is 2.13. The zero-order chi connectivity index (χ0) is 17.5. The number of hydrogen-bond donors (Lipinski definition) is 2. The van der Waals surface area contributed by atoms with Gasteiger partial charge in [-0.05, 0) is 24.6 Å². The molecule has 25 heavy (non-hydrogen) atoms. The molecule has 0 fully saturated rings. The molecule has 1 aromatic heterocycles. The minimum atomic E-state index is -0.789. The summed E-state index contributed by atoms with van der Waals surface area (Å²) in [6.07, 6.45) is 0.716. The summed E-state index contributed by atoms with van der Waals surface area (Å²) in [6, 6.07) is 5.78. The maximum atomic E-state index is 12.9. The smallest absolute Gasteiger partial charge is 0.194 e. The largest absolute Gasteiger partial charge is 0.386 e. The van der Waals surface area contributed by atoms with Crippen molar-refractivity contribution in [1.29, 1.82) is 0 Å². The van der Waals surface area contributed by atoms with Crippen LogP contribution in [-0.4, -0.2) is 50.9 Å². The maximum Gasteiger partial charge on any atom is 0.194 e. The first-order valence-electron chi connectivity index (χ1n) is 7.77. The molecular formula is C16H24FIN6O. The lowest BCUT2D eigenvalue weighted by molar-refractivity contribution is 0.186. The molecule has 9 heteroatoms. The third-order valence-electron chi connectivity index (χ3n) is 3.55. The van der Waals surface area contributed by atoms with Gasteiger partial charge in [-0.3, -0.25) is 9.67 Å². The van der Waals surface area contributed by atoms with E-state index in [0.717, 1.165) is 5.82 Å². The van der Waals surface area contributed by atoms with Crippen LogP contribution in [-0.2, 0) is 13.6 Å². The van der Waals surface area contributed by atoms with E-state index in [2.05, 4.69) is 20.4 Å². The second-order valence-corrected chi connectivity index (χ2v) is 5.42. The summed E-state index contributed by atoms with van der Waals surface area (Å²) in [7, 11) is 3.72. The van der Waals surface area contributed by atoms with E-state index in [1.807, 2.05) is 25.9 Å². The fourth-order valence-electron chi connectivity index (χ4n) is 2.18. The Kier molecular flexibility index (Phi) is 8.76. The van der Waals surface area contributed by atoms with Crippen LogP contribution in [0.5, 0.6) is 0 Å². The van der Waals surface area contributed by atoms with E-state index in [1.54, 1.807) is 16.8 Å². The number of hydrogen-bond acceptors (Lipinski definition) is 4. The fraction of sp³-hybridized carbons (Fsp3) is 0.438. The molecule has 1 aromatic carbocycles. The van der Waals surface area contributed by atoms with E-state index in [9.17, 15) is 9.50 Å². The normalized spacial score (nSPS) is 12.4. The molecule has 0 amide bonds. The summed E-state index contributed by atoms with van der Waals surface area (Å²) in [4.78, 5) is 10.6. The molecule has 0 bridgehead atoms. The fourth-order valence-corrected chi connectivity index (χ4v) is 2.18.